The van der Waals surface area contributed by atoms with Gasteiger partial charge in [0.1, 0.15) is 0 Å². The molecular formula is C13H18S. The van der Waals surface area contributed by atoms with Crippen molar-refractivity contribution < 1.29 is 0 Å². The summed E-state index contributed by atoms with van der Waals surface area (Å²) in [7, 11) is 0. The fourth-order valence-electron chi connectivity index (χ4n) is 1.87. The van der Waals surface area contributed by atoms with Crippen LogP contribution in [0.5, 0.6) is 0 Å². The summed E-state index contributed by atoms with van der Waals surface area (Å²) in [5.41, 5.74) is 5.89. The summed E-state index contributed by atoms with van der Waals surface area (Å²) in [6, 6.07) is 4.60. The Morgan fingerprint density at radius 3 is 2.21 bits per heavy atom. The van der Waals surface area contributed by atoms with Crippen molar-refractivity contribution in [2.24, 2.45) is 0 Å². The quantitative estimate of drug-likeness (QED) is 0.720. The average Bonchev–Trinajstić information content (AvgIpc) is 2.85. The molecule has 1 fully saturated rings. The maximum atomic E-state index is 2.30. The van der Waals surface area contributed by atoms with Crippen molar-refractivity contribution in [3.05, 3.63) is 34.4 Å². The predicted octanol–water partition coefficient (Wildman–Crippen LogP) is 4.01. The summed E-state index contributed by atoms with van der Waals surface area (Å²) in [6.45, 7) is 6.66. The molecule has 0 N–H and O–H groups in total. The van der Waals surface area contributed by atoms with E-state index in [9.17, 15) is 0 Å². The molecular weight excluding hydrogens is 188 g/mol. The summed E-state index contributed by atoms with van der Waals surface area (Å²) < 4.78 is 0. The molecule has 0 spiro atoms. The van der Waals surface area contributed by atoms with Gasteiger partial charge in [-0.25, -0.2) is 0 Å². The zero-order valence-electron chi connectivity index (χ0n) is 9.26. The lowest BCUT2D eigenvalue weighted by atomic mass is 10.0. The zero-order valence-corrected chi connectivity index (χ0v) is 10.1. The lowest BCUT2D eigenvalue weighted by Gasteiger charge is -2.10. The second kappa shape index (κ2) is 3.98. The molecule has 2 rings (SSSR count). The van der Waals surface area contributed by atoms with Crippen LogP contribution >= 0.6 is 11.8 Å². The molecule has 0 radical (unpaired) electrons. The largest absolute Gasteiger partial charge is 0.154 e. The normalized spacial score (nSPS) is 15.9. The van der Waals surface area contributed by atoms with E-state index in [1.54, 1.807) is 5.56 Å². The van der Waals surface area contributed by atoms with Crippen LogP contribution in [0.2, 0.25) is 0 Å². The Morgan fingerprint density at radius 1 is 1.14 bits per heavy atom. The molecule has 0 nitrogen and oxygen atoms in total. The SMILES string of the molecule is Cc1cc(C)c(CSC2CC2)c(C)c1. The van der Waals surface area contributed by atoms with E-state index in [4.69, 9.17) is 0 Å². The Hall–Kier alpha value is -0.430. The summed E-state index contributed by atoms with van der Waals surface area (Å²) in [6.07, 6.45) is 2.88. The first-order chi connectivity index (χ1) is 6.66. The van der Waals surface area contributed by atoms with Gasteiger partial charge in [0, 0.05) is 11.0 Å². The van der Waals surface area contributed by atoms with Gasteiger partial charge in [-0.3, -0.25) is 0 Å². The summed E-state index contributed by atoms with van der Waals surface area (Å²) >= 11 is 2.13. The van der Waals surface area contributed by atoms with Crippen LogP contribution in [-0.4, -0.2) is 5.25 Å². The van der Waals surface area contributed by atoms with Gasteiger partial charge < -0.3 is 0 Å². The fraction of sp³-hybridized carbons (Fsp3) is 0.538. The minimum atomic E-state index is 0.968. The third-order valence-corrected chi connectivity index (χ3v) is 4.23. The zero-order chi connectivity index (χ0) is 10.1. The summed E-state index contributed by atoms with van der Waals surface area (Å²) in [5.74, 6) is 1.21. The number of hydrogen-bond acceptors (Lipinski definition) is 1. The molecule has 1 aromatic carbocycles. The molecule has 0 aromatic heterocycles. The van der Waals surface area contributed by atoms with Crippen molar-refractivity contribution in [1.29, 1.82) is 0 Å². The Kier molecular flexibility index (Phi) is 2.87. The molecule has 1 aliphatic carbocycles. The fourth-order valence-corrected chi connectivity index (χ4v) is 3.20. The maximum Gasteiger partial charge on any atom is 0.0192 e. The van der Waals surface area contributed by atoms with Gasteiger partial charge in [0.2, 0.25) is 0 Å². The molecule has 0 amide bonds. The van der Waals surface area contributed by atoms with Crippen molar-refractivity contribution in [3.63, 3.8) is 0 Å². The number of hydrogen-bond donors (Lipinski definition) is 0. The number of aryl methyl sites for hydroxylation is 3. The Bertz CT molecular complexity index is 314. The first kappa shape index (κ1) is 10.1. The van der Waals surface area contributed by atoms with Crippen LogP contribution in [0.4, 0.5) is 0 Å². The minimum Gasteiger partial charge on any atom is -0.154 e. The highest BCUT2D eigenvalue weighted by molar-refractivity contribution is 7.99. The Morgan fingerprint density at radius 2 is 1.71 bits per heavy atom. The van der Waals surface area contributed by atoms with Gasteiger partial charge in [-0.1, -0.05) is 17.7 Å². The molecule has 14 heavy (non-hydrogen) atoms. The van der Waals surface area contributed by atoms with Crippen LogP contribution < -0.4 is 0 Å². The van der Waals surface area contributed by atoms with Crippen LogP contribution in [0.15, 0.2) is 12.1 Å². The van der Waals surface area contributed by atoms with Gasteiger partial charge in [0.05, 0.1) is 0 Å². The van der Waals surface area contributed by atoms with Crippen molar-refractivity contribution in [2.45, 2.75) is 44.6 Å². The number of rotatable bonds is 3. The lowest BCUT2D eigenvalue weighted by Crippen LogP contribution is -1.93. The van der Waals surface area contributed by atoms with Crippen molar-refractivity contribution in [3.8, 4) is 0 Å². The molecule has 1 heteroatoms. The lowest BCUT2D eigenvalue weighted by molar-refractivity contribution is 1.21. The van der Waals surface area contributed by atoms with E-state index in [0.717, 1.165) is 5.25 Å². The smallest absolute Gasteiger partial charge is 0.0192 e. The van der Waals surface area contributed by atoms with E-state index in [1.807, 2.05) is 0 Å². The van der Waals surface area contributed by atoms with Crippen LogP contribution in [0.3, 0.4) is 0 Å². The third-order valence-electron chi connectivity index (χ3n) is 2.83. The molecule has 0 aliphatic heterocycles. The maximum absolute atomic E-state index is 2.30. The van der Waals surface area contributed by atoms with Gasteiger partial charge in [-0.05, 0) is 50.3 Å². The first-order valence-electron chi connectivity index (χ1n) is 5.35. The van der Waals surface area contributed by atoms with E-state index < -0.39 is 0 Å². The van der Waals surface area contributed by atoms with Gasteiger partial charge in [-0.15, -0.1) is 0 Å². The van der Waals surface area contributed by atoms with Crippen molar-refractivity contribution in [2.75, 3.05) is 0 Å². The van der Waals surface area contributed by atoms with Gasteiger partial charge in [0.15, 0.2) is 0 Å². The highest BCUT2D eigenvalue weighted by Crippen LogP contribution is 2.37. The average molecular weight is 206 g/mol. The molecule has 0 heterocycles. The standard InChI is InChI=1S/C13H18S/c1-9-6-10(2)13(11(3)7-9)8-14-12-4-5-12/h6-7,12H,4-5,8H2,1-3H3. The molecule has 0 unspecified atom stereocenters. The monoisotopic (exact) mass is 206 g/mol. The van der Waals surface area contributed by atoms with E-state index in [2.05, 4.69) is 44.7 Å². The van der Waals surface area contributed by atoms with Crippen LogP contribution in [0, 0.1) is 20.8 Å². The molecule has 1 aliphatic rings. The van der Waals surface area contributed by atoms with E-state index in [-0.39, 0.29) is 0 Å². The number of thioether (sulfide) groups is 1. The molecule has 0 atom stereocenters. The van der Waals surface area contributed by atoms with Crippen molar-refractivity contribution >= 4 is 11.8 Å². The molecule has 1 saturated carbocycles. The Labute approximate surface area is 91.1 Å². The van der Waals surface area contributed by atoms with Crippen LogP contribution in [0.1, 0.15) is 35.1 Å². The van der Waals surface area contributed by atoms with E-state index >= 15 is 0 Å². The summed E-state index contributed by atoms with van der Waals surface area (Å²) in [5, 5.41) is 0.968. The predicted molar refractivity (Wildman–Crippen MR) is 65.0 cm³/mol. The topological polar surface area (TPSA) is 0 Å². The van der Waals surface area contributed by atoms with Crippen molar-refractivity contribution in [1.82, 2.24) is 0 Å². The van der Waals surface area contributed by atoms with Gasteiger partial charge in [0.25, 0.3) is 0 Å². The Balaban J connectivity index is 2.13. The molecule has 1 aromatic rings. The van der Waals surface area contributed by atoms with E-state index in [1.165, 1.54) is 35.3 Å². The molecule has 0 bridgehead atoms. The van der Waals surface area contributed by atoms with Gasteiger partial charge in [-0.2, -0.15) is 11.8 Å². The highest BCUT2D eigenvalue weighted by atomic mass is 32.2. The minimum absolute atomic E-state index is 0.968. The third kappa shape index (κ3) is 2.33. The van der Waals surface area contributed by atoms with Crippen LogP contribution in [0.25, 0.3) is 0 Å². The number of benzene rings is 1. The van der Waals surface area contributed by atoms with E-state index in [0.29, 0.717) is 0 Å². The highest BCUT2D eigenvalue weighted by Gasteiger charge is 2.21. The second-order valence-corrected chi connectivity index (χ2v) is 5.68. The van der Waals surface area contributed by atoms with Crippen LogP contribution in [-0.2, 0) is 5.75 Å². The second-order valence-electron chi connectivity index (χ2n) is 4.39. The molecule has 0 saturated heterocycles. The van der Waals surface area contributed by atoms with Gasteiger partial charge >= 0.3 is 0 Å². The summed E-state index contributed by atoms with van der Waals surface area (Å²) in [4.78, 5) is 0. The first-order valence-corrected chi connectivity index (χ1v) is 6.40. The molecule has 76 valence electrons.